The molecule has 2 fully saturated rings. The lowest BCUT2D eigenvalue weighted by atomic mass is 9.85. The van der Waals surface area contributed by atoms with Gasteiger partial charge in [-0.25, -0.2) is 4.68 Å². The Morgan fingerprint density at radius 3 is 2.72 bits per heavy atom. The Balaban J connectivity index is 1.51. The number of carbonyl (C=O) groups excluding carboxylic acids is 1. The van der Waals surface area contributed by atoms with Crippen molar-refractivity contribution in [3.8, 4) is 5.69 Å². The van der Waals surface area contributed by atoms with Crippen LogP contribution in [0.15, 0.2) is 24.4 Å². The smallest absolute Gasteiger partial charge is 0.257 e. The van der Waals surface area contributed by atoms with Crippen LogP contribution in [0, 0.1) is 32.6 Å². The van der Waals surface area contributed by atoms with Gasteiger partial charge in [-0.05, 0) is 56.2 Å². The van der Waals surface area contributed by atoms with E-state index in [4.69, 9.17) is 4.74 Å². The van der Waals surface area contributed by atoms with Gasteiger partial charge in [0.05, 0.1) is 23.1 Å². The van der Waals surface area contributed by atoms with Gasteiger partial charge in [0.1, 0.15) is 0 Å². The first-order valence-electron chi connectivity index (χ1n) is 9.04. The van der Waals surface area contributed by atoms with Gasteiger partial charge in [0.25, 0.3) is 5.91 Å². The second-order valence-corrected chi connectivity index (χ2v) is 7.44. The molecule has 5 heteroatoms. The molecular weight excluding hydrogens is 314 g/mol. The molecular formula is C20H25N3O2. The Labute approximate surface area is 148 Å². The molecule has 0 N–H and O–H groups in total. The SMILES string of the molecule is Cc1ccc(C)c(-n2ncc(C(=O)N3CC(C4CCOC4)C3)c2C)c1. The third-order valence-electron chi connectivity index (χ3n) is 5.66. The third-order valence-corrected chi connectivity index (χ3v) is 5.66. The predicted molar refractivity (Wildman–Crippen MR) is 96.1 cm³/mol. The number of aromatic nitrogens is 2. The number of likely N-dealkylation sites (tertiary alicyclic amines) is 1. The van der Waals surface area contributed by atoms with Crippen LogP contribution in [0.4, 0.5) is 0 Å². The maximum atomic E-state index is 12.8. The quantitative estimate of drug-likeness (QED) is 0.864. The average Bonchev–Trinajstić information content (AvgIpc) is 3.18. The normalized spacial score (nSPS) is 20.8. The van der Waals surface area contributed by atoms with Crippen LogP contribution in [0.3, 0.4) is 0 Å². The van der Waals surface area contributed by atoms with E-state index in [1.165, 1.54) is 5.56 Å². The Morgan fingerprint density at radius 2 is 2.00 bits per heavy atom. The molecule has 2 aromatic rings. The van der Waals surface area contributed by atoms with Gasteiger partial charge in [-0.3, -0.25) is 4.79 Å². The van der Waals surface area contributed by atoms with Gasteiger partial charge in [0.15, 0.2) is 0 Å². The van der Waals surface area contributed by atoms with Crippen molar-refractivity contribution in [1.29, 1.82) is 0 Å². The molecule has 1 aromatic heterocycles. The van der Waals surface area contributed by atoms with Crippen LogP contribution in [0.25, 0.3) is 5.69 Å². The summed E-state index contributed by atoms with van der Waals surface area (Å²) in [6, 6.07) is 6.30. The first kappa shape index (κ1) is 16.3. The molecule has 0 saturated carbocycles. The largest absolute Gasteiger partial charge is 0.381 e. The second-order valence-electron chi connectivity index (χ2n) is 7.44. The first-order chi connectivity index (χ1) is 12.0. The summed E-state index contributed by atoms with van der Waals surface area (Å²) < 4.78 is 7.36. The van der Waals surface area contributed by atoms with Crippen LogP contribution in [-0.2, 0) is 4.74 Å². The number of hydrogen-bond donors (Lipinski definition) is 0. The minimum atomic E-state index is 0.101. The van der Waals surface area contributed by atoms with Crippen LogP contribution in [0.1, 0.15) is 33.6 Å². The minimum Gasteiger partial charge on any atom is -0.381 e. The minimum absolute atomic E-state index is 0.101. The lowest BCUT2D eigenvalue weighted by Crippen LogP contribution is -2.52. The Kier molecular flexibility index (Phi) is 4.12. The molecule has 1 aromatic carbocycles. The monoisotopic (exact) mass is 339 g/mol. The zero-order chi connectivity index (χ0) is 17.6. The van der Waals surface area contributed by atoms with Crippen LogP contribution in [0.5, 0.6) is 0 Å². The van der Waals surface area contributed by atoms with Crippen LogP contribution >= 0.6 is 0 Å². The molecule has 132 valence electrons. The molecule has 2 aliphatic heterocycles. The van der Waals surface area contributed by atoms with Crippen LogP contribution < -0.4 is 0 Å². The van der Waals surface area contributed by atoms with E-state index in [0.717, 1.165) is 49.7 Å². The van der Waals surface area contributed by atoms with Crippen molar-refractivity contribution >= 4 is 5.91 Å². The Hall–Kier alpha value is -2.14. The summed E-state index contributed by atoms with van der Waals surface area (Å²) in [5.41, 5.74) is 5.00. The fraction of sp³-hybridized carbons (Fsp3) is 0.500. The highest BCUT2D eigenvalue weighted by Gasteiger charge is 2.38. The van der Waals surface area contributed by atoms with Gasteiger partial charge >= 0.3 is 0 Å². The predicted octanol–water partition coefficient (Wildman–Crippen LogP) is 2.91. The van der Waals surface area contributed by atoms with E-state index in [-0.39, 0.29) is 5.91 Å². The number of amides is 1. The number of hydrogen-bond acceptors (Lipinski definition) is 3. The maximum absolute atomic E-state index is 12.8. The molecule has 1 unspecified atom stereocenters. The van der Waals surface area contributed by atoms with Crippen molar-refractivity contribution in [2.75, 3.05) is 26.3 Å². The molecule has 4 rings (SSSR count). The highest BCUT2D eigenvalue weighted by Crippen LogP contribution is 2.31. The van der Waals surface area contributed by atoms with E-state index in [1.54, 1.807) is 6.20 Å². The number of carbonyl (C=O) groups is 1. The van der Waals surface area contributed by atoms with E-state index < -0.39 is 0 Å². The molecule has 1 atom stereocenters. The summed E-state index contributed by atoms with van der Waals surface area (Å²) in [4.78, 5) is 14.8. The molecule has 2 saturated heterocycles. The standard InChI is InChI=1S/C20H25N3O2/c1-13-4-5-14(2)19(8-13)23-15(3)18(9-21-23)20(24)22-10-17(11-22)16-6-7-25-12-16/h4-5,8-9,16-17H,6-7,10-12H2,1-3H3. The average molecular weight is 339 g/mol. The fourth-order valence-electron chi connectivity index (χ4n) is 3.88. The highest BCUT2D eigenvalue weighted by molar-refractivity contribution is 5.95. The summed E-state index contributed by atoms with van der Waals surface area (Å²) >= 11 is 0. The van der Waals surface area contributed by atoms with Gasteiger partial charge in [0.2, 0.25) is 0 Å². The molecule has 0 aliphatic carbocycles. The lowest BCUT2D eigenvalue weighted by molar-refractivity contribution is 0.0341. The van der Waals surface area contributed by atoms with Crippen molar-refractivity contribution in [2.24, 2.45) is 11.8 Å². The van der Waals surface area contributed by atoms with Gasteiger partial charge in [0, 0.05) is 26.3 Å². The summed E-state index contributed by atoms with van der Waals surface area (Å²) in [7, 11) is 0. The van der Waals surface area contributed by atoms with Crippen molar-refractivity contribution in [3.63, 3.8) is 0 Å². The summed E-state index contributed by atoms with van der Waals surface area (Å²) in [5, 5.41) is 4.50. The van der Waals surface area contributed by atoms with Crippen molar-refractivity contribution < 1.29 is 9.53 Å². The zero-order valence-electron chi connectivity index (χ0n) is 15.2. The van der Waals surface area contributed by atoms with Crippen molar-refractivity contribution in [2.45, 2.75) is 27.2 Å². The molecule has 2 aliphatic rings. The van der Waals surface area contributed by atoms with Gasteiger partial charge in [-0.2, -0.15) is 5.10 Å². The lowest BCUT2D eigenvalue weighted by Gasteiger charge is -2.42. The number of benzene rings is 1. The Morgan fingerprint density at radius 1 is 1.20 bits per heavy atom. The van der Waals surface area contributed by atoms with Crippen LogP contribution in [-0.4, -0.2) is 46.9 Å². The van der Waals surface area contributed by atoms with Crippen LogP contribution in [0.2, 0.25) is 0 Å². The van der Waals surface area contributed by atoms with E-state index >= 15 is 0 Å². The third kappa shape index (κ3) is 2.86. The molecule has 0 spiro atoms. The molecule has 1 amide bonds. The van der Waals surface area contributed by atoms with Crippen molar-refractivity contribution in [1.82, 2.24) is 14.7 Å². The summed E-state index contributed by atoms with van der Waals surface area (Å²) in [6.07, 6.45) is 2.85. The summed E-state index contributed by atoms with van der Waals surface area (Å²) in [6.45, 7) is 9.54. The molecule has 0 radical (unpaired) electrons. The van der Waals surface area contributed by atoms with E-state index in [9.17, 15) is 4.79 Å². The van der Waals surface area contributed by atoms with E-state index in [1.807, 2.05) is 16.5 Å². The second kappa shape index (κ2) is 6.30. The zero-order valence-corrected chi connectivity index (χ0v) is 15.2. The number of ether oxygens (including phenoxy) is 1. The molecule has 5 nitrogen and oxygen atoms in total. The molecule has 0 bridgehead atoms. The topological polar surface area (TPSA) is 47.4 Å². The number of nitrogens with zero attached hydrogens (tertiary/aromatic N) is 3. The van der Waals surface area contributed by atoms with Gasteiger partial charge in [-0.15, -0.1) is 0 Å². The summed E-state index contributed by atoms with van der Waals surface area (Å²) in [5.74, 6) is 1.33. The number of aryl methyl sites for hydroxylation is 2. The van der Waals surface area contributed by atoms with E-state index in [2.05, 4.69) is 37.1 Å². The van der Waals surface area contributed by atoms with Crippen molar-refractivity contribution in [3.05, 3.63) is 46.8 Å². The molecule has 3 heterocycles. The fourth-order valence-corrected chi connectivity index (χ4v) is 3.88. The first-order valence-corrected chi connectivity index (χ1v) is 9.04. The Bertz CT molecular complexity index is 799. The molecule has 25 heavy (non-hydrogen) atoms. The number of rotatable bonds is 3. The van der Waals surface area contributed by atoms with Gasteiger partial charge in [-0.1, -0.05) is 12.1 Å². The highest BCUT2D eigenvalue weighted by atomic mass is 16.5. The van der Waals surface area contributed by atoms with E-state index in [0.29, 0.717) is 17.4 Å². The maximum Gasteiger partial charge on any atom is 0.257 e. The van der Waals surface area contributed by atoms with Gasteiger partial charge < -0.3 is 9.64 Å².